The van der Waals surface area contributed by atoms with Crippen molar-refractivity contribution in [1.82, 2.24) is 0 Å². The molecule has 0 saturated heterocycles. The van der Waals surface area contributed by atoms with E-state index in [1.165, 1.54) is 26.3 Å². The Bertz CT molecular complexity index is 1580. The third-order valence-electron chi connectivity index (χ3n) is 5.46. The first-order valence-corrected chi connectivity index (χ1v) is 14.0. The van der Waals surface area contributed by atoms with E-state index in [0.717, 1.165) is 38.3 Å². The van der Waals surface area contributed by atoms with Crippen molar-refractivity contribution < 1.29 is 19.6 Å². The molecular formula is C30H22BBrO4S2. The monoisotopic (exact) mass is 600 g/mol. The molecule has 0 aliphatic heterocycles. The molecule has 0 aliphatic rings. The van der Waals surface area contributed by atoms with Crippen molar-refractivity contribution in [2.24, 2.45) is 0 Å². The van der Waals surface area contributed by atoms with E-state index >= 15 is 0 Å². The average Bonchev–Trinajstić information content (AvgIpc) is 3.59. The lowest BCUT2D eigenvalue weighted by Crippen LogP contribution is -2.26. The van der Waals surface area contributed by atoms with Crippen LogP contribution < -0.4 is 4.78 Å². The van der Waals surface area contributed by atoms with Crippen molar-refractivity contribution in [3.63, 3.8) is 0 Å². The van der Waals surface area contributed by atoms with Gasteiger partial charge in [0.1, 0.15) is 12.6 Å². The normalized spacial score (nSPS) is 10.2. The zero-order valence-electron chi connectivity index (χ0n) is 20.0. The third kappa shape index (κ3) is 7.34. The Kier molecular flexibility index (Phi) is 9.76. The second-order valence-corrected chi connectivity index (χ2v) is 11.2. The summed E-state index contributed by atoms with van der Waals surface area (Å²) in [6, 6.07) is 35.0. The highest BCUT2D eigenvalue weighted by molar-refractivity contribution is 9.10. The number of hydrogen-bond donors (Lipinski definition) is 2. The molecule has 2 aromatic heterocycles. The van der Waals surface area contributed by atoms with E-state index < -0.39 is 7.12 Å². The fourth-order valence-electron chi connectivity index (χ4n) is 3.52. The largest absolute Gasteiger partial charge is 0.499 e. The molecule has 0 saturated carbocycles. The molecule has 0 fully saturated rings. The maximum Gasteiger partial charge on any atom is 0.499 e. The Balaban J connectivity index is 0.000000141. The Hall–Kier alpha value is -3.40. The van der Waals surface area contributed by atoms with Crippen LogP contribution in [0.15, 0.2) is 114 Å². The van der Waals surface area contributed by atoms with Gasteiger partial charge in [-0.3, -0.25) is 9.59 Å². The molecule has 2 heterocycles. The van der Waals surface area contributed by atoms with Crippen LogP contribution in [-0.2, 0) is 0 Å². The van der Waals surface area contributed by atoms with Gasteiger partial charge in [-0.05, 0) is 52.7 Å². The van der Waals surface area contributed by atoms with Crippen molar-refractivity contribution in [1.29, 1.82) is 0 Å². The van der Waals surface area contributed by atoms with Crippen LogP contribution in [0, 0.1) is 0 Å². The second-order valence-electron chi connectivity index (χ2n) is 8.12. The first kappa shape index (κ1) is 27.6. The maximum absolute atomic E-state index is 10.6. The van der Waals surface area contributed by atoms with Crippen molar-refractivity contribution >= 4 is 83.2 Å². The van der Waals surface area contributed by atoms with Crippen LogP contribution in [0.4, 0.5) is 0 Å². The van der Waals surface area contributed by atoms with Crippen LogP contribution >= 0.6 is 38.6 Å². The van der Waals surface area contributed by atoms with Gasteiger partial charge < -0.3 is 10.0 Å². The SMILES string of the molecule is O=Cc1ccc(-c2cc3ccccc3s2)cc1.O=Cc1ccc(Br)cc1.OB(O)c1cc2ccccc2s1. The number of benzene rings is 4. The lowest BCUT2D eigenvalue weighted by atomic mass is 9.89. The smallest absolute Gasteiger partial charge is 0.423 e. The van der Waals surface area contributed by atoms with E-state index in [-0.39, 0.29) is 0 Å². The van der Waals surface area contributed by atoms with E-state index in [1.54, 1.807) is 29.5 Å². The number of carbonyl (C=O) groups excluding carboxylic acids is 2. The molecule has 4 aromatic carbocycles. The topological polar surface area (TPSA) is 74.6 Å². The first-order chi connectivity index (χ1) is 18.5. The van der Waals surface area contributed by atoms with E-state index in [2.05, 4.69) is 40.2 Å². The molecule has 0 aliphatic carbocycles. The van der Waals surface area contributed by atoms with E-state index in [4.69, 9.17) is 10.0 Å². The van der Waals surface area contributed by atoms with E-state index in [0.29, 0.717) is 10.3 Å². The fourth-order valence-corrected chi connectivity index (χ4v) is 5.79. The van der Waals surface area contributed by atoms with Gasteiger partial charge in [0.05, 0.1) is 0 Å². The molecule has 6 aromatic rings. The number of carbonyl (C=O) groups is 2. The molecule has 6 rings (SSSR count). The highest BCUT2D eigenvalue weighted by Crippen LogP contribution is 2.33. The molecule has 8 heteroatoms. The number of fused-ring (bicyclic) bond motifs is 2. The van der Waals surface area contributed by atoms with Crippen molar-refractivity contribution in [3.8, 4) is 10.4 Å². The fraction of sp³-hybridized carbons (Fsp3) is 0. The minimum absolute atomic E-state index is 0.594. The van der Waals surface area contributed by atoms with Gasteiger partial charge >= 0.3 is 7.12 Å². The Morgan fingerprint density at radius 2 is 1.13 bits per heavy atom. The Morgan fingerprint density at radius 1 is 0.632 bits per heavy atom. The standard InChI is InChI=1S/C15H10OS.C8H7BO2S.C7H5BrO/c16-10-11-5-7-12(8-6-11)15-9-13-3-1-2-4-14(13)17-15;10-9(11)8-5-6-3-1-2-4-7(6)12-8;8-7-3-1-6(5-9)2-4-7/h1-10H;1-5,10-11H;1-5H. The Labute approximate surface area is 237 Å². The molecule has 0 amide bonds. The minimum atomic E-state index is -1.35. The van der Waals surface area contributed by atoms with Gasteiger partial charge in [-0.1, -0.05) is 88.7 Å². The molecular weight excluding hydrogens is 579 g/mol. The van der Waals surface area contributed by atoms with Gasteiger partial charge in [0.25, 0.3) is 0 Å². The minimum Gasteiger partial charge on any atom is -0.423 e. The summed E-state index contributed by atoms with van der Waals surface area (Å²) in [5.74, 6) is 0. The van der Waals surface area contributed by atoms with E-state index in [1.807, 2.05) is 66.7 Å². The predicted octanol–water partition coefficient (Wildman–Crippen LogP) is 7.22. The number of aldehydes is 2. The first-order valence-electron chi connectivity index (χ1n) is 11.6. The van der Waals surface area contributed by atoms with Crippen molar-refractivity contribution in [3.05, 3.63) is 125 Å². The molecule has 188 valence electrons. The summed E-state index contributed by atoms with van der Waals surface area (Å²) in [5.41, 5.74) is 2.59. The van der Waals surface area contributed by atoms with Crippen LogP contribution in [-0.4, -0.2) is 29.7 Å². The summed E-state index contributed by atoms with van der Waals surface area (Å²) < 4.78 is 3.96. The van der Waals surface area contributed by atoms with Gasteiger partial charge in [-0.2, -0.15) is 0 Å². The molecule has 0 bridgehead atoms. The molecule has 0 spiro atoms. The highest BCUT2D eigenvalue weighted by atomic mass is 79.9. The predicted molar refractivity (Wildman–Crippen MR) is 164 cm³/mol. The Morgan fingerprint density at radius 3 is 1.63 bits per heavy atom. The summed E-state index contributed by atoms with van der Waals surface area (Å²) in [6.07, 6.45) is 1.70. The second kappa shape index (κ2) is 13.4. The summed E-state index contributed by atoms with van der Waals surface area (Å²) in [7, 11) is -1.35. The lowest BCUT2D eigenvalue weighted by molar-refractivity contribution is 0.111. The number of rotatable bonds is 4. The number of hydrogen-bond acceptors (Lipinski definition) is 6. The summed E-state index contributed by atoms with van der Waals surface area (Å²) in [4.78, 5) is 21.9. The zero-order valence-corrected chi connectivity index (χ0v) is 23.2. The summed E-state index contributed by atoms with van der Waals surface area (Å²) in [5, 5.41) is 20.1. The quantitative estimate of drug-likeness (QED) is 0.165. The van der Waals surface area contributed by atoms with Crippen molar-refractivity contribution in [2.45, 2.75) is 0 Å². The summed E-state index contributed by atoms with van der Waals surface area (Å²) >= 11 is 6.44. The van der Waals surface area contributed by atoms with Crippen LogP contribution in [0.3, 0.4) is 0 Å². The van der Waals surface area contributed by atoms with Gasteiger partial charge in [0.15, 0.2) is 0 Å². The molecule has 0 radical (unpaired) electrons. The average molecular weight is 601 g/mol. The molecule has 2 N–H and O–H groups in total. The number of thiophene rings is 2. The molecule has 4 nitrogen and oxygen atoms in total. The lowest BCUT2D eigenvalue weighted by Gasteiger charge is -1.96. The van der Waals surface area contributed by atoms with Gasteiger partial charge in [-0.25, -0.2) is 0 Å². The van der Waals surface area contributed by atoms with Crippen LogP contribution in [0.2, 0.25) is 0 Å². The molecule has 0 atom stereocenters. The number of halogens is 1. The van der Waals surface area contributed by atoms with Crippen LogP contribution in [0.1, 0.15) is 20.7 Å². The van der Waals surface area contributed by atoms with E-state index in [9.17, 15) is 9.59 Å². The maximum atomic E-state index is 10.6. The third-order valence-corrected chi connectivity index (χ3v) is 8.31. The van der Waals surface area contributed by atoms with Gasteiger partial charge in [0, 0.05) is 34.7 Å². The highest BCUT2D eigenvalue weighted by Gasteiger charge is 2.13. The molecule has 38 heavy (non-hydrogen) atoms. The molecule has 0 unspecified atom stereocenters. The van der Waals surface area contributed by atoms with Gasteiger partial charge in [0.2, 0.25) is 0 Å². The van der Waals surface area contributed by atoms with Crippen molar-refractivity contribution in [2.75, 3.05) is 0 Å². The summed E-state index contributed by atoms with van der Waals surface area (Å²) in [6.45, 7) is 0. The van der Waals surface area contributed by atoms with Gasteiger partial charge in [-0.15, -0.1) is 22.7 Å². The van der Waals surface area contributed by atoms with Crippen LogP contribution in [0.25, 0.3) is 30.6 Å². The zero-order chi connectivity index (χ0) is 26.9. The van der Waals surface area contributed by atoms with Crippen LogP contribution in [0.5, 0.6) is 0 Å².